The van der Waals surface area contributed by atoms with Crippen molar-refractivity contribution < 1.29 is 87.4 Å². The molecule has 0 atom stereocenters. The Morgan fingerprint density at radius 2 is 0.680 bits per heavy atom. The van der Waals surface area contributed by atoms with Gasteiger partial charge in [0.1, 0.15) is 0 Å². The maximum Gasteiger partial charge on any atom is 4.00 e. The minimum absolute atomic E-state index is 0. The minimum Gasteiger partial charge on any atom is -1.00 e. The molecular weight excluding hydrogens is 747 g/mol. The molecule has 0 fully saturated rings. The molecule has 4 aromatic rings. The monoisotopic (exact) mass is 796 g/mol. The molecule has 0 saturated heterocycles. The van der Waals surface area contributed by atoms with Crippen LogP contribution < -0.4 is 86.4 Å². The summed E-state index contributed by atoms with van der Waals surface area (Å²) < 4.78 is 37.8. The molecule has 0 saturated carbocycles. The van der Waals surface area contributed by atoms with E-state index in [0.29, 0.717) is 34.5 Å². The summed E-state index contributed by atoms with van der Waals surface area (Å²) in [6, 6.07) is 6.64. The van der Waals surface area contributed by atoms with Crippen molar-refractivity contribution in [2.45, 2.75) is 69.2 Å². The minimum atomic E-state index is -3.56. The maximum atomic E-state index is 6.47. The smallest absolute Gasteiger partial charge is 1.00 e. The van der Waals surface area contributed by atoms with Crippen LogP contribution in [0, 0.1) is 69.2 Å². The molecule has 0 aliphatic rings. The van der Waals surface area contributed by atoms with E-state index < -0.39 is 8.07 Å². The van der Waals surface area contributed by atoms with E-state index in [1.807, 2.05) is 0 Å². The van der Waals surface area contributed by atoms with Crippen LogP contribution in [0.3, 0.4) is 0 Å². The van der Waals surface area contributed by atoms with Gasteiger partial charge in [0, 0.05) is 15.6 Å². The van der Waals surface area contributed by atoms with Gasteiger partial charge in [-0.2, -0.15) is 27.4 Å². The van der Waals surface area contributed by atoms with Gasteiger partial charge in [-0.05, 0) is 74.9 Å². The number of hydrogen-bond donors (Lipinski definition) is 0. The van der Waals surface area contributed by atoms with E-state index in [-0.39, 0.29) is 58.9 Å². The zero-order valence-corrected chi connectivity index (χ0v) is 37.1. The maximum absolute atomic E-state index is 6.47. The van der Waals surface area contributed by atoms with E-state index in [1.54, 1.807) is 42.7 Å². The Morgan fingerprint density at radius 1 is 0.420 bits per heavy atom. The Kier molecular flexibility index (Phi) is 17.5. The van der Waals surface area contributed by atoms with Crippen LogP contribution in [0.5, 0.6) is 34.5 Å². The third-order valence-corrected chi connectivity index (χ3v) is 15.6. The van der Waals surface area contributed by atoms with Crippen molar-refractivity contribution in [3.05, 3.63) is 73.8 Å². The topological polar surface area (TPSA) is 55.4 Å². The molecule has 0 radical (unpaired) electrons. The number of halogens is 3. The first-order valence-electron chi connectivity index (χ1n) is 15.7. The SMILES string of the molecule is COc1c(C)cc(C)c([Si](c2c(C)cc(C)c(OC)c2OC)(c2c(C)cc(C)c(OC)c2OC)c2c(C)c(C)c(C)[c-]2C)c1OC.[Cl-].[Cl-].[Cl-].[Ti+4]. The van der Waals surface area contributed by atoms with Gasteiger partial charge in [-0.25, -0.2) is 0 Å². The van der Waals surface area contributed by atoms with Gasteiger partial charge in [0.15, 0.2) is 42.6 Å². The largest absolute Gasteiger partial charge is 4.00 e. The molecule has 4 rings (SSSR count). The Balaban J connectivity index is 0.00000600. The van der Waals surface area contributed by atoms with E-state index >= 15 is 0 Å². The average Bonchev–Trinajstić information content (AvgIpc) is 3.20. The molecule has 6 nitrogen and oxygen atoms in total. The summed E-state index contributed by atoms with van der Waals surface area (Å²) in [5, 5.41) is 4.50. The van der Waals surface area contributed by atoms with Crippen LogP contribution in [0.2, 0.25) is 0 Å². The van der Waals surface area contributed by atoms with E-state index in [4.69, 9.17) is 28.4 Å². The van der Waals surface area contributed by atoms with Crippen LogP contribution in [0.1, 0.15) is 55.6 Å². The second-order valence-corrected chi connectivity index (χ2v) is 16.0. The third kappa shape index (κ3) is 7.03. The first-order valence-corrected chi connectivity index (χ1v) is 17.7. The molecule has 0 aliphatic heterocycles. The number of hydrogen-bond acceptors (Lipinski definition) is 6. The summed E-state index contributed by atoms with van der Waals surface area (Å²) in [5.74, 6) is 4.27. The second kappa shape index (κ2) is 18.4. The summed E-state index contributed by atoms with van der Waals surface area (Å²) in [6.45, 7) is 21.7. The number of benzene rings is 3. The van der Waals surface area contributed by atoms with Gasteiger partial charge in [0.05, 0.1) is 42.7 Å². The van der Waals surface area contributed by atoms with Crippen LogP contribution in [0.15, 0.2) is 18.2 Å². The number of ether oxygens (including phenoxy) is 6. The third-order valence-electron chi connectivity index (χ3n) is 10.0. The Labute approximate surface area is 334 Å². The van der Waals surface area contributed by atoms with Crippen molar-refractivity contribution in [1.29, 1.82) is 0 Å². The van der Waals surface area contributed by atoms with Crippen molar-refractivity contribution in [2.24, 2.45) is 0 Å². The average molecular weight is 798 g/mol. The van der Waals surface area contributed by atoms with Gasteiger partial charge < -0.3 is 65.6 Å². The molecular formula is C39H51Cl3O6SiTi. The zero-order chi connectivity index (χ0) is 34.4. The quantitative estimate of drug-likeness (QED) is 0.0967. The van der Waals surface area contributed by atoms with Gasteiger partial charge in [-0.15, -0.1) is 0 Å². The summed E-state index contributed by atoms with van der Waals surface area (Å²) in [4.78, 5) is 0. The van der Waals surface area contributed by atoms with Crippen LogP contribution in [-0.4, -0.2) is 50.7 Å². The van der Waals surface area contributed by atoms with E-state index in [9.17, 15) is 0 Å². The molecule has 272 valence electrons. The van der Waals surface area contributed by atoms with E-state index in [2.05, 4.69) is 87.4 Å². The Bertz CT molecular complexity index is 1650. The molecule has 0 unspecified atom stereocenters. The molecule has 0 aromatic heterocycles. The standard InChI is InChI=1S/C39H51O6Si.3ClH.Ti/c1-20-17-23(4)36(33(43-14)30(20)40-11)46(39-28(9)26(7)27(8)29(39)10,37-24(5)18-21(2)31(41-12)34(37)44-15)38-25(6)19-22(3)32(42-13)35(38)45-16;;;;/h17-19H,1-16H3;3*1H;/q-1;;;;+4/p-3. The van der Waals surface area contributed by atoms with Crippen LogP contribution in [0.25, 0.3) is 0 Å². The molecule has 0 spiro atoms. The Hall–Kier alpha value is -2.39. The summed E-state index contributed by atoms with van der Waals surface area (Å²) in [7, 11) is 6.78. The fourth-order valence-electron chi connectivity index (χ4n) is 8.08. The first kappa shape index (κ1) is 47.6. The van der Waals surface area contributed by atoms with Gasteiger partial charge in [0.2, 0.25) is 0 Å². The molecule has 0 heterocycles. The molecule has 0 bridgehead atoms. The number of rotatable bonds is 10. The Morgan fingerprint density at radius 3 is 0.880 bits per heavy atom. The summed E-state index contributed by atoms with van der Waals surface area (Å²) in [5.41, 5.74) is 11.3. The van der Waals surface area contributed by atoms with Crippen molar-refractivity contribution in [1.82, 2.24) is 0 Å². The van der Waals surface area contributed by atoms with Crippen LogP contribution in [-0.2, 0) is 21.7 Å². The van der Waals surface area contributed by atoms with Gasteiger partial charge in [-0.3, -0.25) is 0 Å². The number of aryl methyl sites for hydroxylation is 6. The van der Waals surface area contributed by atoms with Crippen LogP contribution in [0.4, 0.5) is 0 Å². The first-order chi connectivity index (χ1) is 21.7. The molecule has 0 N–H and O–H groups in total. The summed E-state index contributed by atoms with van der Waals surface area (Å²) >= 11 is 0. The molecule has 4 aromatic carbocycles. The van der Waals surface area contributed by atoms with Gasteiger partial charge >= 0.3 is 21.7 Å². The molecule has 0 aliphatic carbocycles. The van der Waals surface area contributed by atoms with Gasteiger partial charge in [0.25, 0.3) is 0 Å². The predicted molar refractivity (Wildman–Crippen MR) is 192 cm³/mol. The predicted octanol–water partition coefficient (Wildman–Crippen LogP) is -3.07. The fraction of sp³-hybridized carbons (Fsp3) is 0.410. The second-order valence-electron chi connectivity index (χ2n) is 12.5. The van der Waals surface area contributed by atoms with Gasteiger partial charge in [-0.1, -0.05) is 45.9 Å². The summed E-state index contributed by atoms with van der Waals surface area (Å²) in [6.07, 6.45) is 0. The molecule has 0 amide bonds. The molecule has 11 heteroatoms. The van der Waals surface area contributed by atoms with Crippen molar-refractivity contribution in [2.75, 3.05) is 42.7 Å². The fourth-order valence-corrected chi connectivity index (χ4v) is 14.7. The number of methoxy groups -OCH3 is 6. The van der Waals surface area contributed by atoms with Crippen molar-refractivity contribution >= 4 is 28.8 Å². The van der Waals surface area contributed by atoms with Crippen molar-refractivity contribution in [3.63, 3.8) is 0 Å². The molecule has 50 heavy (non-hydrogen) atoms. The normalized spacial score (nSPS) is 10.6. The zero-order valence-electron chi connectivity index (χ0n) is 32.3. The van der Waals surface area contributed by atoms with Crippen LogP contribution >= 0.6 is 0 Å². The van der Waals surface area contributed by atoms with E-state index in [0.717, 1.165) is 48.9 Å². The van der Waals surface area contributed by atoms with Crippen molar-refractivity contribution in [3.8, 4) is 34.5 Å². The van der Waals surface area contributed by atoms with E-state index in [1.165, 1.54) is 27.4 Å².